The molecule has 1 aromatic heterocycles. The van der Waals surface area contributed by atoms with Gasteiger partial charge in [-0.25, -0.2) is 13.5 Å². The molecule has 1 N–H and O–H groups in total. The van der Waals surface area contributed by atoms with Crippen LogP contribution in [0.4, 0.5) is 14.5 Å². The van der Waals surface area contributed by atoms with E-state index < -0.39 is 29.1 Å². The molecule has 7 heteroatoms. The van der Waals surface area contributed by atoms with Crippen LogP contribution in [0.1, 0.15) is 24.9 Å². The Labute approximate surface area is 160 Å². The molecule has 1 heterocycles. The fourth-order valence-corrected chi connectivity index (χ4v) is 2.80. The van der Waals surface area contributed by atoms with Gasteiger partial charge in [0.2, 0.25) is 5.91 Å². The topological polar surface area (TPSA) is 64.0 Å². The van der Waals surface area contributed by atoms with Crippen LogP contribution in [0, 0.1) is 18.6 Å². The molecule has 3 aromatic rings. The zero-order chi connectivity index (χ0) is 20.3. The van der Waals surface area contributed by atoms with Crippen molar-refractivity contribution < 1.29 is 13.6 Å². The van der Waals surface area contributed by atoms with Crippen molar-refractivity contribution in [2.75, 3.05) is 5.32 Å². The van der Waals surface area contributed by atoms with Crippen molar-refractivity contribution in [2.45, 2.75) is 26.3 Å². The lowest BCUT2D eigenvalue weighted by Crippen LogP contribution is -2.34. The second kappa shape index (κ2) is 8.12. The fourth-order valence-electron chi connectivity index (χ4n) is 2.80. The van der Waals surface area contributed by atoms with E-state index in [-0.39, 0.29) is 12.1 Å². The van der Waals surface area contributed by atoms with E-state index in [9.17, 15) is 18.4 Å². The van der Waals surface area contributed by atoms with Crippen LogP contribution >= 0.6 is 0 Å². The highest BCUT2D eigenvalue weighted by atomic mass is 19.1. The van der Waals surface area contributed by atoms with Crippen molar-refractivity contribution in [3.05, 3.63) is 82.1 Å². The minimum Gasteiger partial charge on any atom is -0.322 e. The molecule has 0 unspecified atom stereocenters. The second-order valence-corrected chi connectivity index (χ2v) is 6.40. The molecule has 1 amide bonds. The Kier molecular flexibility index (Phi) is 5.63. The molecule has 0 fully saturated rings. The van der Waals surface area contributed by atoms with Crippen LogP contribution in [0.5, 0.6) is 0 Å². The van der Waals surface area contributed by atoms with Gasteiger partial charge >= 0.3 is 0 Å². The van der Waals surface area contributed by atoms with Crippen LogP contribution in [0.3, 0.4) is 0 Å². The van der Waals surface area contributed by atoms with E-state index in [1.165, 1.54) is 6.07 Å². The number of anilines is 1. The van der Waals surface area contributed by atoms with Gasteiger partial charge in [-0.2, -0.15) is 5.10 Å². The van der Waals surface area contributed by atoms with Gasteiger partial charge in [0.1, 0.15) is 17.7 Å². The number of hydrogen-bond acceptors (Lipinski definition) is 3. The number of carbonyl (C=O) groups excluding carboxylic acids is 1. The highest BCUT2D eigenvalue weighted by molar-refractivity contribution is 5.93. The smallest absolute Gasteiger partial charge is 0.267 e. The predicted octanol–water partition coefficient (Wildman–Crippen LogP) is 4.09. The van der Waals surface area contributed by atoms with E-state index in [0.29, 0.717) is 11.8 Å². The second-order valence-electron chi connectivity index (χ2n) is 6.40. The molecule has 5 nitrogen and oxygen atoms in total. The number of nitrogens with zero attached hydrogens (tertiary/aromatic N) is 2. The van der Waals surface area contributed by atoms with Crippen LogP contribution in [-0.4, -0.2) is 15.7 Å². The van der Waals surface area contributed by atoms with Crippen molar-refractivity contribution in [1.29, 1.82) is 0 Å². The molecule has 0 saturated carbocycles. The number of nitrogens with one attached hydrogen (secondary N) is 1. The summed E-state index contributed by atoms with van der Waals surface area (Å²) in [6.07, 6.45) is 0.263. The van der Waals surface area contributed by atoms with Crippen LogP contribution in [-0.2, 0) is 4.79 Å². The highest BCUT2D eigenvalue weighted by Gasteiger charge is 2.22. The number of rotatable bonds is 5. The Morgan fingerprint density at radius 1 is 1.11 bits per heavy atom. The first-order valence-corrected chi connectivity index (χ1v) is 8.82. The summed E-state index contributed by atoms with van der Waals surface area (Å²) in [5, 5.41) is 6.73. The molecule has 0 aliphatic rings. The molecular formula is C21H19F2N3O2. The van der Waals surface area contributed by atoms with Gasteiger partial charge < -0.3 is 5.32 Å². The largest absolute Gasteiger partial charge is 0.322 e. The summed E-state index contributed by atoms with van der Waals surface area (Å²) in [6.45, 7) is 3.68. The third kappa shape index (κ3) is 4.14. The van der Waals surface area contributed by atoms with Crippen molar-refractivity contribution in [1.82, 2.24) is 9.78 Å². The number of aryl methyl sites for hydroxylation is 1. The van der Waals surface area contributed by atoms with E-state index in [1.54, 1.807) is 13.0 Å². The maximum atomic E-state index is 13.8. The lowest BCUT2D eigenvalue weighted by atomic mass is 10.1. The molecule has 0 aliphatic heterocycles. The maximum Gasteiger partial charge on any atom is 0.267 e. The molecule has 0 bridgehead atoms. The number of aromatic nitrogens is 2. The average Bonchev–Trinajstić information content (AvgIpc) is 2.67. The van der Waals surface area contributed by atoms with E-state index in [0.717, 1.165) is 27.9 Å². The average molecular weight is 383 g/mol. The number of benzene rings is 2. The van der Waals surface area contributed by atoms with Gasteiger partial charge in [-0.15, -0.1) is 0 Å². The lowest BCUT2D eigenvalue weighted by Gasteiger charge is -2.18. The monoisotopic (exact) mass is 383 g/mol. The molecule has 2 aromatic carbocycles. The third-order valence-electron chi connectivity index (χ3n) is 4.35. The van der Waals surface area contributed by atoms with E-state index in [1.807, 2.05) is 31.2 Å². The zero-order valence-electron chi connectivity index (χ0n) is 15.4. The van der Waals surface area contributed by atoms with Crippen LogP contribution in [0.2, 0.25) is 0 Å². The Balaban J connectivity index is 1.92. The molecular weight excluding hydrogens is 364 g/mol. The Morgan fingerprint density at radius 3 is 2.46 bits per heavy atom. The normalized spacial score (nSPS) is 11.9. The van der Waals surface area contributed by atoms with Gasteiger partial charge in [-0.05, 0) is 31.5 Å². The maximum absolute atomic E-state index is 13.8. The Morgan fingerprint density at radius 2 is 1.82 bits per heavy atom. The summed E-state index contributed by atoms with van der Waals surface area (Å²) in [5.74, 6) is -2.24. The van der Waals surface area contributed by atoms with Crippen molar-refractivity contribution in [3.8, 4) is 11.3 Å². The van der Waals surface area contributed by atoms with Crippen LogP contribution in [0.15, 0.2) is 59.4 Å². The van der Waals surface area contributed by atoms with E-state index >= 15 is 0 Å². The molecule has 0 spiro atoms. The minimum absolute atomic E-state index is 0.160. The van der Waals surface area contributed by atoms with Crippen LogP contribution < -0.4 is 10.9 Å². The SMILES string of the molecule is CC[C@H](C(=O)Nc1ccc(F)cc1F)n1nc(-c2ccc(C)cc2)ccc1=O. The first-order chi connectivity index (χ1) is 13.4. The molecule has 28 heavy (non-hydrogen) atoms. The third-order valence-corrected chi connectivity index (χ3v) is 4.35. The predicted molar refractivity (Wildman–Crippen MR) is 103 cm³/mol. The van der Waals surface area contributed by atoms with E-state index in [4.69, 9.17) is 0 Å². The summed E-state index contributed by atoms with van der Waals surface area (Å²) in [4.78, 5) is 25.0. The highest BCUT2D eigenvalue weighted by Crippen LogP contribution is 2.20. The van der Waals surface area contributed by atoms with Crippen molar-refractivity contribution >= 4 is 11.6 Å². The van der Waals surface area contributed by atoms with Gasteiger partial charge in [0.05, 0.1) is 11.4 Å². The van der Waals surface area contributed by atoms with Gasteiger partial charge in [0.15, 0.2) is 0 Å². The Bertz CT molecular complexity index is 1060. The fraction of sp³-hybridized carbons (Fsp3) is 0.190. The summed E-state index contributed by atoms with van der Waals surface area (Å²) < 4.78 is 28.0. The first kappa shape index (κ1) is 19.4. The molecule has 3 rings (SSSR count). The summed E-state index contributed by atoms with van der Waals surface area (Å²) in [7, 11) is 0. The van der Waals surface area contributed by atoms with Crippen molar-refractivity contribution in [3.63, 3.8) is 0 Å². The standard InChI is InChI=1S/C21H19F2N3O2/c1-3-19(21(28)24-18-9-8-15(22)12-16(18)23)26-20(27)11-10-17(25-26)14-6-4-13(2)5-7-14/h4-12,19H,3H2,1-2H3,(H,24,28)/t19-/m1/s1. The van der Waals surface area contributed by atoms with Gasteiger partial charge in [-0.1, -0.05) is 36.8 Å². The summed E-state index contributed by atoms with van der Waals surface area (Å²) >= 11 is 0. The number of carbonyl (C=O) groups is 1. The first-order valence-electron chi connectivity index (χ1n) is 8.82. The van der Waals surface area contributed by atoms with E-state index in [2.05, 4.69) is 10.4 Å². The van der Waals surface area contributed by atoms with Crippen molar-refractivity contribution in [2.24, 2.45) is 0 Å². The summed E-state index contributed by atoms with van der Waals surface area (Å²) in [5.41, 5.74) is 1.83. The zero-order valence-corrected chi connectivity index (χ0v) is 15.4. The molecule has 0 saturated heterocycles. The molecule has 144 valence electrons. The summed E-state index contributed by atoms with van der Waals surface area (Å²) in [6, 6.07) is 12.5. The van der Waals surface area contributed by atoms with Gasteiger partial charge in [-0.3, -0.25) is 9.59 Å². The molecule has 0 aliphatic carbocycles. The molecule has 0 radical (unpaired) electrons. The quantitative estimate of drug-likeness (QED) is 0.722. The Hall–Kier alpha value is -3.35. The number of amides is 1. The molecule has 1 atom stereocenters. The lowest BCUT2D eigenvalue weighted by molar-refractivity contribution is -0.119. The minimum atomic E-state index is -0.942. The van der Waals surface area contributed by atoms with Gasteiger partial charge in [0, 0.05) is 17.7 Å². The number of halogens is 2. The van der Waals surface area contributed by atoms with Gasteiger partial charge in [0.25, 0.3) is 5.56 Å². The van der Waals surface area contributed by atoms with Crippen LogP contribution in [0.25, 0.3) is 11.3 Å². The number of hydrogen-bond donors (Lipinski definition) is 1.